The Labute approximate surface area is 123 Å². The number of nitrogens with zero attached hydrogens (tertiary/aromatic N) is 5. The fraction of sp³-hybridized carbons (Fsp3) is 0.333. The number of aromatic nitrogens is 5. The molecule has 0 aliphatic heterocycles. The molecular formula is C12H13N5OS2. The van der Waals surface area contributed by atoms with Crippen LogP contribution in [0.2, 0.25) is 0 Å². The summed E-state index contributed by atoms with van der Waals surface area (Å²) in [5.41, 5.74) is 2.15. The third-order valence-corrected chi connectivity index (χ3v) is 5.21. The van der Waals surface area contributed by atoms with Crippen molar-refractivity contribution in [3.63, 3.8) is 0 Å². The minimum atomic E-state index is 0.0680. The molecule has 0 unspecified atom stereocenters. The SMILES string of the molecule is Cc1csc2c(Sc3nnc(CCO)n3C)ncnc12. The van der Waals surface area contributed by atoms with Gasteiger partial charge >= 0.3 is 0 Å². The van der Waals surface area contributed by atoms with Crippen LogP contribution in [0.4, 0.5) is 0 Å². The predicted octanol–water partition coefficient (Wildman–Crippen LogP) is 1.81. The zero-order chi connectivity index (χ0) is 14.1. The number of hydrogen-bond acceptors (Lipinski definition) is 7. The van der Waals surface area contributed by atoms with Gasteiger partial charge in [-0.25, -0.2) is 9.97 Å². The molecule has 0 atom stereocenters. The van der Waals surface area contributed by atoms with Crippen molar-refractivity contribution in [1.82, 2.24) is 24.7 Å². The maximum absolute atomic E-state index is 8.98. The second-order valence-electron chi connectivity index (χ2n) is 4.31. The molecule has 6 nitrogen and oxygen atoms in total. The van der Waals surface area contributed by atoms with Gasteiger partial charge in [0.05, 0.1) is 16.8 Å². The van der Waals surface area contributed by atoms with E-state index in [-0.39, 0.29) is 6.61 Å². The molecule has 3 aromatic rings. The van der Waals surface area contributed by atoms with E-state index < -0.39 is 0 Å². The normalized spacial score (nSPS) is 11.3. The van der Waals surface area contributed by atoms with E-state index in [9.17, 15) is 0 Å². The van der Waals surface area contributed by atoms with Crippen molar-refractivity contribution in [2.45, 2.75) is 23.5 Å². The van der Waals surface area contributed by atoms with E-state index in [2.05, 4.69) is 25.5 Å². The fourth-order valence-corrected chi connectivity index (χ4v) is 3.80. The summed E-state index contributed by atoms with van der Waals surface area (Å²) in [7, 11) is 1.89. The van der Waals surface area contributed by atoms with E-state index in [4.69, 9.17) is 5.11 Å². The molecule has 20 heavy (non-hydrogen) atoms. The van der Waals surface area contributed by atoms with Gasteiger partial charge in [0.25, 0.3) is 0 Å². The Morgan fingerprint density at radius 3 is 3.00 bits per heavy atom. The Hall–Kier alpha value is -1.51. The van der Waals surface area contributed by atoms with Crippen molar-refractivity contribution in [3.8, 4) is 0 Å². The molecule has 0 fully saturated rings. The first-order valence-electron chi connectivity index (χ1n) is 6.06. The Morgan fingerprint density at radius 1 is 1.35 bits per heavy atom. The lowest BCUT2D eigenvalue weighted by atomic mass is 10.3. The highest BCUT2D eigenvalue weighted by molar-refractivity contribution is 7.99. The van der Waals surface area contributed by atoms with Crippen molar-refractivity contribution in [3.05, 3.63) is 23.1 Å². The lowest BCUT2D eigenvalue weighted by Crippen LogP contribution is -2.01. The maximum atomic E-state index is 8.98. The topological polar surface area (TPSA) is 76.7 Å². The van der Waals surface area contributed by atoms with E-state index in [0.717, 1.165) is 31.8 Å². The predicted molar refractivity (Wildman–Crippen MR) is 78.1 cm³/mol. The fourth-order valence-electron chi connectivity index (χ4n) is 1.86. The molecule has 0 amide bonds. The van der Waals surface area contributed by atoms with Gasteiger partial charge in [0.1, 0.15) is 17.2 Å². The summed E-state index contributed by atoms with van der Waals surface area (Å²) in [5.74, 6) is 0.766. The van der Waals surface area contributed by atoms with Crippen LogP contribution in [0.3, 0.4) is 0 Å². The zero-order valence-electron chi connectivity index (χ0n) is 11.1. The Bertz CT molecular complexity index is 751. The summed E-state index contributed by atoms with van der Waals surface area (Å²) in [6.45, 7) is 2.11. The number of fused-ring (bicyclic) bond motifs is 1. The van der Waals surface area contributed by atoms with Crippen LogP contribution in [0, 0.1) is 6.92 Å². The van der Waals surface area contributed by atoms with E-state index in [1.54, 1.807) is 17.7 Å². The summed E-state index contributed by atoms with van der Waals surface area (Å²) in [4.78, 5) is 8.65. The molecule has 104 valence electrons. The van der Waals surface area contributed by atoms with E-state index >= 15 is 0 Å². The second-order valence-corrected chi connectivity index (χ2v) is 6.14. The number of hydrogen-bond donors (Lipinski definition) is 1. The van der Waals surface area contributed by atoms with Crippen molar-refractivity contribution in [2.24, 2.45) is 7.05 Å². The largest absolute Gasteiger partial charge is 0.396 e. The number of aliphatic hydroxyl groups is 1. The van der Waals surface area contributed by atoms with Crippen LogP contribution >= 0.6 is 23.1 Å². The van der Waals surface area contributed by atoms with Crippen LogP contribution in [-0.4, -0.2) is 36.4 Å². The molecule has 8 heteroatoms. The van der Waals surface area contributed by atoms with Crippen LogP contribution in [0.1, 0.15) is 11.4 Å². The number of thiophene rings is 1. The third-order valence-electron chi connectivity index (χ3n) is 2.95. The molecule has 0 bridgehead atoms. The summed E-state index contributed by atoms with van der Waals surface area (Å²) in [6, 6.07) is 0. The molecule has 0 radical (unpaired) electrons. The van der Waals surface area contributed by atoms with Gasteiger partial charge in [-0.2, -0.15) is 0 Å². The third kappa shape index (κ3) is 2.30. The number of aryl methyl sites for hydroxylation is 1. The molecule has 0 saturated carbocycles. The smallest absolute Gasteiger partial charge is 0.197 e. The van der Waals surface area contributed by atoms with E-state index in [1.807, 2.05) is 18.5 Å². The van der Waals surface area contributed by atoms with Gasteiger partial charge in [0, 0.05) is 13.5 Å². The highest BCUT2D eigenvalue weighted by Crippen LogP contribution is 2.34. The molecule has 0 aliphatic rings. The summed E-state index contributed by atoms with van der Waals surface area (Å²) in [6.07, 6.45) is 2.08. The van der Waals surface area contributed by atoms with Crippen LogP contribution in [0.5, 0.6) is 0 Å². The highest BCUT2D eigenvalue weighted by Gasteiger charge is 2.14. The zero-order valence-corrected chi connectivity index (χ0v) is 12.7. The molecule has 0 spiro atoms. The monoisotopic (exact) mass is 307 g/mol. The minimum absolute atomic E-state index is 0.0680. The van der Waals surface area contributed by atoms with Gasteiger partial charge in [-0.15, -0.1) is 21.5 Å². The summed E-state index contributed by atoms with van der Waals surface area (Å²) in [5, 5.41) is 20.9. The van der Waals surface area contributed by atoms with E-state index in [0.29, 0.717) is 6.42 Å². The molecule has 3 heterocycles. The second kappa shape index (κ2) is 5.47. The first-order valence-corrected chi connectivity index (χ1v) is 7.76. The lowest BCUT2D eigenvalue weighted by molar-refractivity contribution is 0.295. The van der Waals surface area contributed by atoms with Crippen molar-refractivity contribution in [2.75, 3.05) is 6.61 Å². The molecule has 3 aromatic heterocycles. The maximum Gasteiger partial charge on any atom is 0.197 e. The van der Waals surface area contributed by atoms with Gasteiger partial charge < -0.3 is 9.67 Å². The van der Waals surface area contributed by atoms with E-state index in [1.165, 1.54) is 11.8 Å². The first-order chi connectivity index (χ1) is 9.70. The minimum Gasteiger partial charge on any atom is -0.396 e. The molecule has 3 rings (SSSR count). The van der Waals surface area contributed by atoms with Gasteiger partial charge in [-0.1, -0.05) is 0 Å². The van der Waals surface area contributed by atoms with Crippen LogP contribution in [0.25, 0.3) is 10.2 Å². The van der Waals surface area contributed by atoms with Crippen LogP contribution in [0.15, 0.2) is 21.9 Å². The average Bonchev–Trinajstić information content (AvgIpc) is 2.98. The van der Waals surface area contributed by atoms with Crippen molar-refractivity contribution >= 4 is 33.3 Å². The summed E-state index contributed by atoms with van der Waals surface area (Å²) < 4.78 is 2.96. The summed E-state index contributed by atoms with van der Waals surface area (Å²) >= 11 is 3.11. The van der Waals surface area contributed by atoms with Crippen LogP contribution in [-0.2, 0) is 13.5 Å². The standard InChI is InChI=1S/C12H13N5OS2/c1-7-5-19-10-9(7)13-6-14-11(10)20-12-16-15-8(3-4-18)17(12)2/h5-6,18H,3-4H2,1-2H3. The number of aliphatic hydroxyl groups excluding tert-OH is 1. The van der Waals surface area contributed by atoms with Gasteiger partial charge in [0.2, 0.25) is 0 Å². The Kier molecular flexibility index (Phi) is 3.68. The molecule has 0 aromatic carbocycles. The van der Waals surface area contributed by atoms with Gasteiger partial charge in [-0.05, 0) is 29.6 Å². The number of rotatable bonds is 4. The lowest BCUT2D eigenvalue weighted by Gasteiger charge is -2.03. The molecule has 0 saturated heterocycles. The van der Waals surface area contributed by atoms with Crippen LogP contribution < -0.4 is 0 Å². The Morgan fingerprint density at radius 2 is 2.20 bits per heavy atom. The highest BCUT2D eigenvalue weighted by atomic mass is 32.2. The quantitative estimate of drug-likeness (QED) is 0.741. The molecule has 0 aliphatic carbocycles. The Balaban J connectivity index is 1.97. The first kappa shape index (κ1) is 13.5. The molecule has 1 N–H and O–H groups in total. The van der Waals surface area contributed by atoms with Crippen molar-refractivity contribution < 1.29 is 5.11 Å². The van der Waals surface area contributed by atoms with Gasteiger partial charge in [-0.3, -0.25) is 0 Å². The van der Waals surface area contributed by atoms with Crippen molar-refractivity contribution in [1.29, 1.82) is 0 Å². The molecular weight excluding hydrogens is 294 g/mol. The van der Waals surface area contributed by atoms with Gasteiger partial charge in [0.15, 0.2) is 5.16 Å². The average molecular weight is 307 g/mol.